The van der Waals surface area contributed by atoms with Gasteiger partial charge in [0.2, 0.25) is 0 Å². The Morgan fingerprint density at radius 2 is 1.91 bits per heavy atom. The topological polar surface area (TPSA) is 84.9 Å². The minimum atomic E-state index is -1.16. The highest BCUT2D eigenvalue weighted by Gasteiger charge is 2.21. The van der Waals surface area contributed by atoms with Crippen molar-refractivity contribution in [1.82, 2.24) is 5.32 Å². The standard InChI is InChI=1S/C17H23NO5/c1-5-10-22-11-14(16(20)21)18-15(19)12-6-8-13(9-7-12)23-17(2,3)4/h5-9,14H,1,10-11H2,2-4H3,(H,18,19)(H,20,21). The second-order valence-corrected chi connectivity index (χ2v) is 5.93. The number of aliphatic carboxylic acids is 1. The highest BCUT2D eigenvalue weighted by molar-refractivity contribution is 5.96. The lowest BCUT2D eigenvalue weighted by Crippen LogP contribution is -2.44. The fourth-order valence-corrected chi connectivity index (χ4v) is 1.71. The lowest BCUT2D eigenvalue weighted by atomic mass is 10.1. The summed E-state index contributed by atoms with van der Waals surface area (Å²) in [6.45, 7) is 9.34. The van der Waals surface area contributed by atoms with Crippen molar-refractivity contribution in [1.29, 1.82) is 0 Å². The third-order valence-electron chi connectivity index (χ3n) is 2.66. The molecule has 0 aliphatic carbocycles. The number of hydrogen-bond donors (Lipinski definition) is 2. The van der Waals surface area contributed by atoms with E-state index in [0.29, 0.717) is 11.3 Å². The predicted octanol–water partition coefficient (Wildman–Crippen LogP) is 2.25. The molecule has 0 saturated carbocycles. The van der Waals surface area contributed by atoms with Crippen molar-refractivity contribution in [3.8, 4) is 5.75 Å². The van der Waals surface area contributed by atoms with E-state index in [4.69, 9.17) is 14.6 Å². The van der Waals surface area contributed by atoms with Crippen molar-refractivity contribution in [2.24, 2.45) is 0 Å². The maximum absolute atomic E-state index is 12.1. The van der Waals surface area contributed by atoms with Crippen LogP contribution in [0, 0.1) is 0 Å². The molecule has 6 nitrogen and oxygen atoms in total. The smallest absolute Gasteiger partial charge is 0.328 e. The lowest BCUT2D eigenvalue weighted by molar-refractivity contribution is -0.140. The van der Waals surface area contributed by atoms with Gasteiger partial charge in [-0.05, 0) is 45.0 Å². The first kappa shape index (κ1) is 18.7. The summed E-state index contributed by atoms with van der Waals surface area (Å²) in [6, 6.07) is 5.39. The van der Waals surface area contributed by atoms with Crippen LogP contribution in [-0.4, -0.2) is 41.8 Å². The molecular formula is C17H23NO5. The molecule has 1 aromatic carbocycles. The van der Waals surface area contributed by atoms with Gasteiger partial charge in [-0.25, -0.2) is 4.79 Å². The van der Waals surface area contributed by atoms with E-state index >= 15 is 0 Å². The summed E-state index contributed by atoms with van der Waals surface area (Å²) in [4.78, 5) is 23.2. The Morgan fingerprint density at radius 3 is 2.39 bits per heavy atom. The summed E-state index contributed by atoms with van der Waals surface area (Å²) in [6.07, 6.45) is 1.51. The molecule has 0 aliphatic rings. The number of nitrogens with one attached hydrogen (secondary N) is 1. The zero-order valence-corrected chi connectivity index (χ0v) is 13.7. The summed E-state index contributed by atoms with van der Waals surface area (Å²) in [5.41, 5.74) is 0.0157. The molecule has 1 atom stereocenters. The SMILES string of the molecule is C=CCOCC(NC(=O)c1ccc(OC(C)(C)C)cc1)C(=O)O. The molecule has 0 aromatic heterocycles. The van der Waals surface area contributed by atoms with E-state index in [1.54, 1.807) is 24.3 Å². The number of benzene rings is 1. The first-order valence-electron chi connectivity index (χ1n) is 7.24. The van der Waals surface area contributed by atoms with Crippen LogP contribution >= 0.6 is 0 Å². The van der Waals surface area contributed by atoms with Crippen molar-refractivity contribution < 1.29 is 24.2 Å². The van der Waals surface area contributed by atoms with E-state index in [0.717, 1.165) is 0 Å². The van der Waals surface area contributed by atoms with Crippen LogP contribution in [0.1, 0.15) is 31.1 Å². The third kappa shape index (κ3) is 6.97. The van der Waals surface area contributed by atoms with Crippen LogP contribution < -0.4 is 10.1 Å². The fourth-order valence-electron chi connectivity index (χ4n) is 1.71. The van der Waals surface area contributed by atoms with Gasteiger partial charge in [-0.15, -0.1) is 6.58 Å². The average molecular weight is 321 g/mol. The van der Waals surface area contributed by atoms with E-state index in [1.165, 1.54) is 6.08 Å². The number of rotatable bonds is 8. The first-order chi connectivity index (χ1) is 10.7. The van der Waals surface area contributed by atoms with Gasteiger partial charge < -0.3 is 19.9 Å². The van der Waals surface area contributed by atoms with Gasteiger partial charge in [-0.2, -0.15) is 0 Å². The van der Waals surface area contributed by atoms with Crippen LogP contribution in [0.5, 0.6) is 5.75 Å². The predicted molar refractivity (Wildman–Crippen MR) is 86.7 cm³/mol. The van der Waals surface area contributed by atoms with Gasteiger partial charge in [0.25, 0.3) is 5.91 Å². The van der Waals surface area contributed by atoms with E-state index in [2.05, 4.69) is 11.9 Å². The Labute approximate surface area is 136 Å². The van der Waals surface area contributed by atoms with Crippen molar-refractivity contribution in [3.05, 3.63) is 42.5 Å². The summed E-state index contributed by atoms with van der Waals surface area (Å²) >= 11 is 0. The maximum atomic E-state index is 12.1. The number of hydrogen-bond acceptors (Lipinski definition) is 4. The van der Waals surface area contributed by atoms with Crippen LogP contribution in [-0.2, 0) is 9.53 Å². The monoisotopic (exact) mass is 321 g/mol. The molecule has 0 heterocycles. The van der Waals surface area contributed by atoms with E-state index < -0.39 is 17.9 Å². The molecule has 0 spiro atoms. The summed E-state index contributed by atoms with van der Waals surface area (Å²) in [5, 5.41) is 11.5. The summed E-state index contributed by atoms with van der Waals surface area (Å²) in [5.74, 6) is -1.00. The number of carboxylic acid groups (broad SMARTS) is 1. The normalized spacial score (nSPS) is 12.3. The highest BCUT2D eigenvalue weighted by Crippen LogP contribution is 2.18. The van der Waals surface area contributed by atoms with Crippen molar-refractivity contribution in [3.63, 3.8) is 0 Å². The number of carbonyl (C=O) groups is 2. The van der Waals surface area contributed by atoms with Crippen LogP contribution in [0.2, 0.25) is 0 Å². The van der Waals surface area contributed by atoms with E-state index in [1.807, 2.05) is 20.8 Å². The molecule has 1 aromatic rings. The lowest BCUT2D eigenvalue weighted by Gasteiger charge is -2.21. The number of carboxylic acids is 1. The zero-order chi connectivity index (χ0) is 17.5. The Kier molecular flexibility index (Phi) is 6.78. The van der Waals surface area contributed by atoms with Gasteiger partial charge in [0.05, 0.1) is 13.2 Å². The van der Waals surface area contributed by atoms with Crippen molar-refractivity contribution >= 4 is 11.9 Å². The van der Waals surface area contributed by atoms with Gasteiger partial charge in [0.1, 0.15) is 11.4 Å². The largest absolute Gasteiger partial charge is 0.488 e. The molecule has 0 bridgehead atoms. The third-order valence-corrected chi connectivity index (χ3v) is 2.66. The molecule has 23 heavy (non-hydrogen) atoms. The second kappa shape index (κ2) is 8.33. The molecule has 0 saturated heterocycles. The summed E-state index contributed by atoms with van der Waals surface area (Å²) < 4.78 is 10.7. The Balaban J connectivity index is 2.68. The number of ether oxygens (including phenoxy) is 2. The Morgan fingerprint density at radius 1 is 1.30 bits per heavy atom. The quantitative estimate of drug-likeness (QED) is 0.566. The first-order valence-corrected chi connectivity index (χ1v) is 7.24. The molecule has 1 rings (SSSR count). The molecule has 2 N–H and O–H groups in total. The molecule has 1 amide bonds. The molecule has 0 aliphatic heterocycles. The van der Waals surface area contributed by atoms with Crippen molar-refractivity contribution in [2.45, 2.75) is 32.4 Å². The number of carbonyl (C=O) groups excluding carboxylic acids is 1. The van der Waals surface area contributed by atoms with Crippen LogP contribution in [0.15, 0.2) is 36.9 Å². The number of amides is 1. The minimum Gasteiger partial charge on any atom is -0.488 e. The molecule has 126 valence electrons. The molecule has 1 unspecified atom stereocenters. The van der Waals surface area contributed by atoms with E-state index in [-0.39, 0.29) is 18.8 Å². The van der Waals surface area contributed by atoms with Gasteiger partial charge in [-0.3, -0.25) is 4.79 Å². The highest BCUT2D eigenvalue weighted by atomic mass is 16.5. The zero-order valence-electron chi connectivity index (χ0n) is 13.7. The maximum Gasteiger partial charge on any atom is 0.328 e. The van der Waals surface area contributed by atoms with Crippen LogP contribution in [0.3, 0.4) is 0 Å². The fraction of sp³-hybridized carbons (Fsp3) is 0.412. The van der Waals surface area contributed by atoms with Crippen LogP contribution in [0.25, 0.3) is 0 Å². The van der Waals surface area contributed by atoms with Gasteiger partial charge in [0.15, 0.2) is 6.04 Å². The molecule has 6 heteroatoms. The Bertz CT molecular complexity index is 545. The average Bonchev–Trinajstić information content (AvgIpc) is 2.45. The molecule has 0 fully saturated rings. The minimum absolute atomic E-state index is 0.127. The van der Waals surface area contributed by atoms with Crippen LogP contribution in [0.4, 0.5) is 0 Å². The second-order valence-electron chi connectivity index (χ2n) is 5.93. The Hall–Kier alpha value is -2.34. The van der Waals surface area contributed by atoms with Gasteiger partial charge in [-0.1, -0.05) is 6.08 Å². The molecule has 0 radical (unpaired) electrons. The van der Waals surface area contributed by atoms with Gasteiger partial charge >= 0.3 is 5.97 Å². The molecular weight excluding hydrogens is 298 g/mol. The summed E-state index contributed by atoms with van der Waals surface area (Å²) in [7, 11) is 0. The van der Waals surface area contributed by atoms with Crippen molar-refractivity contribution in [2.75, 3.05) is 13.2 Å². The van der Waals surface area contributed by atoms with Gasteiger partial charge in [0, 0.05) is 5.56 Å². The van der Waals surface area contributed by atoms with E-state index in [9.17, 15) is 9.59 Å².